The van der Waals surface area contributed by atoms with Crippen LogP contribution in [0, 0.1) is 5.92 Å². The Kier molecular flexibility index (Phi) is 8.72. The molecule has 0 saturated carbocycles. The second kappa shape index (κ2) is 8.45. The highest BCUT2D eigenvalue weighted by Gasteiger charge is 1.99. The molecule has 11 heavy (non-hydrogen) atoms. The molecule has 0 aromatic rings. The van der Waals surface area contributed by atoms with Gasteiger partial charge < -0.3 is 0 Å². The van der Waals surface area contributed by atoms with Crippen LogP contribution in [-0.4, -0.2) is 11.5 Å². The van der Waals surface area contributed by atoms with E-state index in [1.807, 2.05) is 0 Å². The molecule has 1 atom stereocenters. The maximum Gasteiger partial charge on any atom is -0.00650 e. The molecular weight excluding hydrogens is 152 g/mol. The predicted octanol–water partition coefficient (Wildman–Crippen LogP) is 3.96. The third-order valence-electron chi connectivity index (χ3n) is 1.88. The first-order valence-corrected chi connectivity index (χ1v) is 6.04. The van der Waals surface area contributed by atoms with Gasteiger partial charge in [-0.2, -0.15) is 11.8 Å². The van der Waals surface area contributed by atoms with Crippen LogP contribution in [0.1, 0.15) is 46.5 Å². The maximum absolute atomic E-state index is 2.37. The lowest BCUT2D eigenvalue weighted by atomic mass is 10.0. The molecule has 0 aliphatic rings. The average Bonchev–Trinajstić information content (AvgIpc) is 1.99. The molecule has 0 aliphatic heterocycles. The van der Waals surface area contributed by atoms with Crippen LogP contribution in [0.15, 0.2) is 0 Å². The Bertz CT molecular complexity index is 71.3. The van der Waals surface area contributed by atoms with Crippen molar-refractivity contribution in [1.82, 2.24) is 0 Å². The molecule has 0 bridgehead atoms. The van der Waals surface area contributed by atoms with E-state index in [1.54, 1.807) is 0 Å². The molecule has 0 aromatic heterocycles. The van der Waals surface area contributed by atoms with E-state index in [0.717, 1.165) is 5.92 Å². The van der Waals surface area contributed by atoms with Gasteiger partial charge in [-0.1, -0.05) is 33.6 Å². The van der Waals surface area contributed by atoms with E-state index in [2.05, 4.69) is 32.5 Å². The largest absolute Gasteiger partial charge is 0.162 e. The van der Waals surface area contributed by atoms with Crippen molar-refractivity contribution in [3.63, 3.8) is 0 Å². The van der Waals surface area contributed by atoms with E-state index in [0.29, 0.717) is 0 Å². The lowest BCUT2D eigenvalue weighted by molar-refractivity contribution is 0.513. The van der Waals surface area contributed by atoms with Crippen LogP contribution in [0.5, 0.6) is 0 Å². The summed E-state index contributed by atoms with van der Waals surface area (Å²) in [6.07, 6.45) is 5.50. The van der Waals surface area contributed by atoms with Crippen molar-refractivity contribution in [2.24, 2.45) is 5.92 Å². The van der Waals surface area contributed by atoms with Crippen molar-refractivity contribution in [2.75, 3.05) is 11.5 Å². The summed E-state index contributed by atoms with van der Waals surface area (Å²) in [6, 6.07) is 0. The summed E-state index contributed by atoms with van der Waals surface area (Å²) in [7, 11) is 0. The van der Waals surface area contributed by atoms with Gasteiger partial charge in [-0.15, -0.1) is 0 Å². The average molecular weight is 174 g/mol. The topological polar surface area (TPSA) is 0 Å². The standard InChI is InChI=1S/C10H22S/c1-4-6-10(3)7-9-11-8-5-2/h10H,4-9H2,1-3H3. The van der Waals surface area contributed by atoms with E-state index >= 15 is 0 Å². The smallest absolute Gasteiger partial charge is 0.00650 e. The summed E-state index contributed by atoms with van der Waals surface area (Å²) in [4.78, 5) is 0. The Labute approximate surface area is 76.1 Å². The van der Waals surface area contributed by atoms with Crippen LogP contribution in [0.25, 0.3) is 0 Å². The SMILES string of the molecule is CCCSCCC(C)CCC. The van der Waals surface area contributed by atoms with Gasteiger partial charge in [-0.3, -0.25) is 0 Å². The van der Waals surface area contributed by atoms with Crippen molar-refractivity contribution in [3.05, 3.63) is 0 Å². The molecular formula is C10H22S. The molecule has 68 valence electrons. The van der Waals surface area contributed by atoms with Gasteiger partial charge in [0.05, 0.1) is 0 Å². The second-order valence-electron chi connectivity index (χ2n) is 3.29. The quantitative estimate of drug-likeness (QED) is 0.527. The highest BCUT2D eigenvalue weighted by atomic mass is 32.2. The summed E-state index contributed by atoms with van der Waals surface area (Å²) in [5.74, 6) is 3.66. The Morgan fingerprint density at radius 1 is 1.00 bits per heavy atom. The molecule has 0 amide bonds. The molecule has 0 radical (unpaired) electrons. The van der Waals surface area contributed by atoms with Gasteiger partial charge in [0.15, 0.2) is 0 Å². The number of thioether (sulfide) groups is 1. The Morgan fingerprint density at radius 3 is 2.27 bits per heavy atom. The molecule has 0 fully saturated rings. The number of hydrogen-bond acceptors (Lipinski definition) is 1. The van der Waals surface area contributed by atoms with Gasteiger partial charge in [-0.05, 0) is 30.3 Å². The predicted molar refractivity (Wildman–Crippen MR) is 56.3 cm³/mol. The van der Waals surface area contributed by atoms with Crippen LogP contribution in [0.4, 0.5) is 0 Å². The first kappa shape index (κ1) is 11.4. The molecule has 1 heteroatoms. The first-order chi connectivity index (χ1) is 5.31. The van der Waals surface area contributed by atoms with Crippen LogP contribution >= 0.6 is 11.8 Å². The molecule has 0 aromatic carbocycles. The molecule has 0 nitrogen and oxygen atoms in total. The molecule has 0 heterocycles. The third-order valence-corrected chi connectivity index (χ3v) is 3.11. The van der Waals surface area contributed by atoms with Crippen molar-refractivity contribution in [3.8, 4) is 0 Å². The van der Waals surface area contributed by atoms with E-state index in [-0.39, 0.29) is 0 Å². The fraction of sp³-hybridized carbons (Fsp3) is 1.00. The lowest BCUT2D eigenvalue weighted by Gasteiger charge is -2.08. The van der Waals surface area contributed by atoms with Gasteiger partial charge in [0.2, 0.25) is 0 Å². The van der Waals surface area contributed by atoms with E-state index < -0.39 is 0 Å². The fourth-order valence-electron chi connectivity index (χ4n) is 1.17. The highest BCUT2D eigenvalue weighted by molar-refractivity contribution is 7.99. The van der Waals surface area contributed by atoms with Crippen molar-refractivity contribution < 1.29 is 0 Å². The number of hydrogen-bond donors (Lipinski definition) is 0. The highest BCUT2D eigenvalue weighted by Crippen LogP contribution is 2.14. The van der Waals surface area contributed by atoms with Gasteiger partial charge in [-0.25, -0.2) is 0 Å². The zero-order valence-electron chi connectivity index (χ0n) is 8.23. The van der Waals surface area contributed by atoms with Crippen LogP contribution in [-0.2, 0) is 0 Å². The van der Waals surface area contributed by atoms with Crippen LogP contribution in [0.2, 0.25) is 0 Å². The summed E-state index contributed by atoms with van der Waals surface area (Å²) in [5, 5.41) is 0. The van der Waals surface area contributed by atoms with E-state index in [4.69, 9.17) is 0 Å². The molecule has 1 unspecified atom stereocenters. The van der Waals surface area contributed by atoms with Crippen LogP contribution in [0.3, 0.4) is 0 Å². The molecule has 0 spiro atoms. The van der Waals surface area contributed by atoms with Crippen LogP contribution < -0.4 is 0 Å². The van der Waals surface area contributed by atoms with Gasteiger partial charge in [0.25, 0.3) is 0 Å². The van der Waals surface area contributed by atoms with E-state index in [9.17, 15) is 0 Å². The van der Waals surface area contributed by atoms with Gasteiger partial charge >= 0.3 is 0 Å². The molecule has 0 aliphatic carbocycles. The van der Waals surface area contributed by atoms with Crippen molar-refractivity contribution in [1.29, 1.82) is 0 Å². The van der Waals surface area contributed by atoms with Crippen molar-refractivity contribution in [2.45, 2.75) is 46.5 Å². The summed E-state index contributed by atoms with van der Waals surface area (Å²) in [5.41, 5.74) is 0. The minimum Gasteiger partial charge on any atom is -0.162 e. The molecule has 0 rings (SSSR count). The summed E-state index contributed by atoms with van der Waals surface area (Å²) < 4.78 is 0. The minimum atomic E-state index is 0.948. The fourth-order valence-corrected chi connectivity index (χ4v) is 2.23. The van der Waals surface area contributed by atoms with Gasteiger partial charge in [0.1, 0.15) is 0 Å². The number of rotatable bonds is 7. The zero-order valence-corrected chi connectivity index (χ0v) is 9.04. The molecule has 0 saturated heterocycles. The lowest BCUT2D eigenvalue weighted by Crippen LogP contribution is -1.95. The Hall–Kier alpha value is 0.350. The molecule has 0 N–H and O–H groups in total. The summed E-state index contributed by atoms with van der Waals surface area (Å²) in [6.45, 7) is 6.90. The Balaban J connectivity index is 2.97. The van der Waals surface area contributed by atoms with E-state index in [1.165, 1.54) is 37.2 Å². The zero-order chi connectivity index (χ0) is 8.53. The summed E-state index contributed by atoms with van der Waals surface area (Å²) >= 11 is 2.11. The van der Waals surface area contributed by atoms with Gasteiger partial charge in [0, 0.05) is 0 Å². The monoisotopic (exact) mass is 174 g/mol. The van der Waals surface area contributed by atoms with Crippen molar-refractivity contribution >= 4 is 11.8 Å². The maximum atomic E-state index is 2.37. The Morgan fingerprint density at radius 2 is 1.73 bits per heavy atom. The third kappa shape index (κ3) is 8.25. The normalized spacial score (nSPS) is 13.4. The first-order valence-electron chi connectivity index (χ1n) is 4.89. The minimum absolute atomic E-state index is 0.948. The second-order valence-corrected chi connectivity index (χ2v) is 4.52.